The summed E-state index contributed by atoms with van der Waals surface area (Å²) in [6.45, 7) is 3.74. The molecular weight excluding hydrogens is 638 g/mol. The molecule has 0 aromatic heterocycles. The number of rotatable bonds is 15. The minimum Gasteiger partial charge on any atom is -0.493 e. The molecule has 2 amide bonds. The van der Waals surface area contributed by atoms with Gasteiger partial charge >= 0.3 is 0 Å². The average molecular weight is 678 g/mol. The zero-order valence-corrected chi connectivity index (χ0v) is 28.6. The summed E-state index contributed by atoms with van der Waals surface area (Å²) in [5.74, 6) is -0.302. The molecule has 4 aromatic carbocycles. The highest BCUT2D eigenvalue weighted by Crippen LogP contribution is 2.32. The largest absolute Gasteiger partial charge is 0.493 e. The van der Waals surface area contributed by atoms with E-state index < -0.39 is 28.5 Å². The van der Waals surface area contributed by atoms with Gasteiger partial charge in [0, 0.05) is 30.6 Å². The number of hydrogen-bond donors (Lipinski definition) is 1. The number of ether oxygens (including phenoxy) is 2. The van der Waals surface area contributed by atoms with E-state index in [4.69, 9.17) is 21.1 Å². The van der Waals surface area contributed by atoms with Crippen LogP contribution in [0, 0.1) is 6.92 Å². The van der Waals surface area contributed by atoms with Gasteiger partial charge < -0.3 is 19.7 Å². The number of amides is 2. The van der Waals surface area contributed by atoms with E-state index in [0.717, 1.165) is 21.0 Å². The van der Waals surface area contributed by atoms with E-state index in [9.17, 15) is 18.0 Å². The number of methoxy groups -OCH3 is 2. The summed E-state index contributed by atoms with van der Waals surface area (Å²) >= 11 is 6.15. The van der Waals surface area contributed by atoms with Gasteiger partial charge in [0.2, 0.25) is 11.8 Å². The van der Waals surface area contributed by atoms with Crippen molar-refractivity contribution < 1.29 is 27.5 Å². The molecule has 0 saturated heterocycles. The Balaban J connectivity index is 1.81. The highest BCUT2D eigenvalue weighted by Gasteiger charge is 2.35. The minimum atomic E-state index is -4.32. The Morgan fingerprint density at radius 3 is 2.13 bits per heavy atom. The van der Waals surface area contributed by atoms with E-state index in [1.807, 2.05) is 44.2 Å². The van der Waals surface area contributed by atoms with Gasteiger partial charge in [-0.1, -0.05) is 78.7 Å². The summed E-state index contributed by atoms with van der Waals surface area (Å²) in [5, 5.41) is 3.47. The fourth-order valence-electron chi connectivity index (χ4n) is 5.05. The lowest BCUT2D eigenvalue weighted by molar-refractivity contribution is -0.140. The van der Waals surface area contributed by atoms with Crippen molar-refractivity contribution in [2.75, 3.05) is 31.6 Å². The van der Waals surface area contributed by atoms with Crippen molar-refractivity contribution in [1.29, 1.82) is 0 Å². The van der Waals surface area contributed by atoms with Crippen molar-refractivity contribution in [3.05, 3.63) is 119 Å². The van der Waals surface area contributed by atoms with E-state index in [-0.39, 0.29) is 29.5 Å². The number of aryl methyl sites for hydroxylation is 1. The van der Waals surface area contributed by atoms with Gasteiger partial charge in [-0.3, -0.25) is 13.9 Å². The normalized spacial score (nSPS) is 11.8. The summed E-state index contributed by atoms with van der Waals surface area (Å²) in [5.41, 5.74) is 2.80. The molecule has 0 aliphatic heterocycles. The smallest absolute Gasteiger partial charge is 0.264 e. The first-order chi connectivity index (χ1) is 22.6. The predicted octanol–water partition coefficient (Wildman–Crippen LogP) is 6.03. The molecule has 0 bridgehead atoms. The van der Waals surface area contributed by atoms with E-state index in [1.54, 1.807) is 48.5 Å². The quantitative estimate of drug-likeness (QED) is 0.165. The predicted molar refractivity (Wildman–Crippen MR) is 184 cm³/mol. The van der Waals surface area contributed by atoms with E-state index in [0.29, 0.717) is 29.4 Å². The zero-order chi connectivity index (χ0) is 34.0. The Morgan fingerprint density at radius 2 is 1.51 bits per heavy atom. The monoisotopic (exact) mass is 677 g/mol. The van der Waals surface area contributed by atoms with Crippen LogP contribution in [0.4, 0.5) is 5.69 Å². The van der Waals surface area contributed by atoms with Crippen LogP contribution in [0.1, 0.15) is 30.0 Å². The van der Waals surface area contributed by atoms with Crippen molar-refractivity contribution in [3.8, 4) is 11.5 Å². The number of hydrogen-bond acceptors (Lipinski definition) is 6. The molecule has 4 rings (SSSR count). The Labute approximate surface area is 282 Å². The Hall–Kier alpha value is -4.54. The van der Waals surface area contributed by atoms with Crippen LogP contribution in [0.25, 0.3) is 0 Å². The molecule has 0 heterocycles. The Bertz CT molecular complexity index is 1750. The lowest BCUT2D eigenvalue weighted by Crippen LogP contribution is -2.53. The molecule has 0 saturated carbocycles. The fourth-order valence-corrected chi connectivity index (χ4v) is 6.61. The highest BCUT2D eigenvalue weighted by atomic mass is 35.5. The number of benzene rings is 4. The van der Waals surface area contributed by atoms with Gasteiger partial charge in [0.1, 0.15) is 12.6 Å². The molecule has 9 nitrogen and oxygen atoms in total. The van der Waals surface area contributed by atoms with Crippen molar-refractivity contribution >= 4 is 39.1 Å². The van der Waals surface area contributed by atoms with Crippen LogP contribution < -0.4 is 19.1 Å². The second-order valence-electron chi connectivity index (χ2n) is 11.0. The van der Waals surface area contributed by atoms with Crippen LogP contribution in [0.5, 0.6) is 11.5 Å². The van der Waals surface area contributed by atoms with Crippen LogP contribution >= 0.6 is 11.6 Å². The topological polar surface area (TPSA) is 105 Å². The first kappa shape index (κ1) is 35.3. The summed E-state index contributed by atoms with van der Waals surface area (Å²) in [4.78, 5) is 29.7. The molecule has 4 aromatic rings. The number of nitrogens with zero attached hydrogens (tertiary/aromatic N) is 2. The van der Waals surface area contributed by atoms with Crippen LogP contribution in [0.2, 0.25) is 5.02 Å². The highest BCUT2D eigenvalue weighted by molar-refractivity contribution is 7.92. The number of nitrogens with one attached hydrogen (secondary N) is 1. The second kappa shape index (κ2) is 16.3. The number of carbonyl (C=O) groups excluding carboxylic acids is 2. The van der Waals surface area contributed by atoms with Crippen molar-refractivity contribution in [2.24, 2.45) is 0 Å². The van der Waals surface area contributed by atoms with Gasteiger partial charge in [-0.2, -0.15) is 0 Å². The van der Waals surface area contributed by atoms with Gasteiger partial charge in [-0.25, -0.2) is 8.42 Å². The van der Waals surface area contributed by atoms with Crippen molar-refractivity contribution in [1.82, 2.24) is 10.2 Å². The van der Waals surface area contributed by atoms with Gasteiger partial charge in [0.25, 0.3) is 10.0 Å². The van der Waals surface area contributed by atoms with Crippen LogP contribution in [0.15, 0.2) is 102 Å². The molecule has 47 heavy (non-hydrogen) atoms. The summed E-state index contributed by atoms with van der Waals surface area (Å²) in [6.07, 6.45) is 0.933. The maximum absolute atomic E-state index is 14.5. The third-order valence-corrected chi connectivity index (χ3v) is 9.65. The van der Waals surface area contributed by atoms with Crippen LogP contribution in [-0.4, -0.2) is 58.5 Å². The second-order valence-corrected chi connectivity index (χ2v) is 13.3. The van der Waals surface area contributed by atoms with Gasteiger partial charge in [-0.05, 0) is 60.9 Å². The molecule has 11 heteroatoms. The molecule has 0 aliphatic carbocycles. The Morgan fingerprint density at radius 1 is 0.851 bits per heavy atom. The molecule has 248 valence electrons. The molecule has 0 aliphatic rings. The van der Waals surface area contributed by atoms with Crippen molar-refractivity contribution in [2.45, 2.75) is 44.2 Å². The number of anilines is 1. The molecule has 0 spiro atoms. The van der Waals surface area contributed by atoms with Crippen molar-refractivity contribution in [3.63, 3.8) is 0 Å². The standard InChI is InChI=1S/C36H40ClN3O6S/c1-5-21-38-36(42)32(22-27-9-7-6-8-10-27)39(24-28-13-15-29(37)16-14-28)35(41)25-40(30-17-11-26(2)12-18-30)47(43,44)31-19-20-33(45-3)34(23-31)46-4/h6-20,23,32H,5,21-22,24-25H2,1-4H3,(H,38,42). The molecule has 1 N–H and O–H groups in total. The van der Waals surface area contributed by atoms with Crippen LogP contribution in [-0.2, 0) is 32.6 Å². The zero-order valence-electron chi connectivity index (χ0n) is 27.0. The van der Waals surface area contributed by atoms with E-state index in [1.165, 1.54) is 37.3 Å². The number of sulfonamides is 1. The number of halogens is 1. The molecular formula is C36H40ClN3O6S. The fraction of sp³-hybridized carbons (Fsp3) is 0.278. The van der Waals surface area contributed by atoms with Gasteiger partial charge in [-0.15, -0.1) is 0 Å². The summed E-state index contributed by atoms with van der Waals surface area (Å²) in [7, 11) is -1.44. The third kappa shape index (κ3) is 9.05. The lowest BCUT2D eigenvalue weighted by Gasteiger charge is -2.34. The van der Waals surface area contributed by atoms with Gasteiger partial charge in [0.05, 0.1) is 24.8 Å². The Kier molecular flexibility index (Phi) is 12.3. The molecule has 1 atom stereocenters. The molecule has 1 unspecified atom stereocenters. The van der Waals surface area contributed by atoms with E-state index in [2.05, 4.69) is 5.32 Å². The first-order valence-corrected chi connectivity index (χ1v) is 17.1. The maximum Gasteiger partial charge on any atom is 0.264 e. The average Bonchev–Trinajstić information content (AvgIpc) is 3.08. The summed E-state index contributed by atoms with van der Waals surface area (Å²) < 4.78 is 40.4. The third-order valence-electron chi connectivity index (χ3n) is 7.63. The van der Waals surface area contributed by atoms with Gasteiger partial charge in [0.15, 0.2) is 11.5 Å². The minimum absolute atomic E-state index is 0.0468. The SMILES string of the molecule is CCCNC(=O)C(Cc1ccccc1)N(Cc1ccc(Cl)cc1)C(=O)CN(c1ccc(C)cc1)S(=O)(=O)c1ccc(OC)c(OC)c1. The molecule has 0 fully saturated rings. The lowest BCUT2D eigenvalue weighted by atomic mass is 10.0. The maximum atomic E-state index is 14.5. The van der Waals surface area contributed by atoms with Crippen LogP contribution in [0.3, 0.4) is 0 Å². The number of carbonyl (C=O) groups is 2. The first-order valence-electron chi connectivity index (χ1n) is 15.2. The van der Waals surface area contributed by atoms with E-state index >= 15 is 0 Å². The molecule has 0 radical (unpaired) electrons. The summed E-state index contributed by atoms with van der Waals surface area (Å²) in [6, 6.07) is 26.6.